The lowest BCUT2D eigenvalue weighted by molar-refractivity contribution is -0.384. The number of methoxy groups -OCH3 is 1. The normalized spacial score (nSPS) is 23.9. The second-order valence-electron chi connectivity index (χ2n) is 7.02. The summed E-state index contributed by atoms with van der Waals surface area (Å²) in [5.41, 5.74) is 0.854. The molecule has 1 fully saturated rings. The highest BCUT2D eigenvalue weighted by atomic mass is 79.9. The predicted octanol–water partition coefficient (Wildman–Crippen LogP) is 4.99. The van der Waals surface area contributed by atoms with Crippen molar-refractivity contribution < 1.29 is 9.66 Å². The summed E-state index contributed by atoms with van der Waals surface area (Å²) in [4.78, 5) is 11.0. The highest BCUT2D eigenvalue weighted by molar-refractivity contribution is 9.10. The van der Waals surface area contributed by atoms with Crippen molar-refractivity contribution in [2.45, 2.75) is 46.1 Å². The third kappa shape index (κ3) is 3.91. The number of halogens is 1. The van der Waals surface area contributed by atoms with E-state index in [2.05, 4.69) is 42.0 Å². The lowest BCUT2D eigenvalue weighted by Gasteiger charge is -2.39. The van der Waals surface area contributed by atoms with E-state index in [1.807, 2.05) is 0 Å². The van der Waals surface area contributed by atoms with Crippen LogP contribution in [0.1, 0.15) is 40.0 Å². The van der Waals surface area contributed by atoms with E-state index < -0.39 is 0 Å². The van der Waals surface area contributed by atoms with Crippen molar-refractivity contribution in [1.29, 1.82) is 0 Å². The Labute approximate surface area is 139 Å². The average molecular weight is 371 g/mol. The minimum atomic E-state index is -0.357. The Hall–Kier alpha value is -1.30. The number of rotatable bonds is 4. The lowest BCUT2D eigenvalue weighted by atomic mass is 9.70. The van der Waals surface area contributed by atoms with E-state index in [-0.39, 0.29) is 22.1 Å². The van der Waals surface area contributed by atoms with Crippen LogP contribution in [-0.4, -0.2) is 18.1 Å². The quantitative estimate of drug-likeness (QED) is 0.598. The van der Waals surface area contributed by atoms with Crippen LogP contribution in [0.25, 0.3) is 0 Å². The van der Waals surface area contributed by atoms with E-state index in [1.165, 1.54) is 12.5 Å². The van der Waals surface area contributed by atoms with E-state index in [0.717, 1.165) is 12.8 Å². The second-order valence-corrected chi connectivity index (χ2v) is 7.87. The summed E-state index contributed by atoms with van der Waals surface area (Å²) in [6.07, 6.45) is 3.22. The minimum absolute atomic E-state index is 0.0729. The molecule has 1 aromatic carbocycles. The molecule has 0 radical (unpaired) electrons. The topological polar surface area (TPSA) is 64.4 Å². The van der Waals surface area contributed by atoms with E-state index >= 15 is 0 Å². The molecule has 0 amide bonds. The SMILES string of the molecule is COc1cc(NC2CC(C)CC(C)(C)C2)c([N+](=O)[O-])cc1Br. The first-order chi connectivity index (χ1) is 10.2. The van der Waals surface area contributed by atoms with E-state index in [1.54, 1.807) is 13.2 Å². The number of benzene rings is 1. The van der Waals surface area contributed by atoms with Crippen LogP contribution in [0.4, 0.5) is 11.4 Å². The van der Waals surface area contributed by atoms with E-state index in [4.69, 9.17) is 4.74 Å². The molecule has 2 unspecified atom stereocenters. The van der Waals surface area contributed by atoms with Crippen molar-refractivity contribution in [3.63, 3.8) is 0 Å². The summed E-state index contributed by atoms with van der Waals surface area (Å²) in [6.45, 7) is 6.76. The summed E-state index contributed by atoms with van der Waals surface area (Å²) in [5.74, 6) is 1.20. The maximum atomic E-state index is 11.3. The van der Waals surface area contributed by atoms with Crippen LogP contribution in [0.15, 0.2) is 16.6 Å². The molecule has 0 heterocycles. The first kappa shape index (κ1) is 17.1. The van der Waals surface area contributed by atoms with Crippen LogP contribution in [0.3, 0.4) is 0 Å². The molecule has 0 aromatic heterocycles. The zero-order chi connectivity index (χ0) is 16.5. The van der Waals surface area contributed by atoms with Crippen molar-refractivity contribution >= 4 is 27.3 Å². The Bertz CT molecular complexity index is 575. The number of hydrogen-bond donors (Lipinski definition) is 1. The number of anilines is 1. The highest BCUT2D eigenvalue weighted by Crippen LogP contribution is 2.42. The van der Waals surface area contributed by atoms with Crippen molar-refractivity contribution in [2.24, 2.45) is 11.3 Å². The predicted molar refractivity (Wildman–Crippen MR) is 91.6 cm³/mol. The Balaban J connectivity index is 2.29. The van der Waals surface area contributed by atoms with Gasteiger partial charge in [0.1, 0.15) is 11.4 Å². The standard InChI is InChI=1S/C16H23BrN2O3/c1-10-5-11(9-16(2,3)8-10)18-13-7-15(22-4)12(17)6-14(13)19(20)21/h6-7,10-11,18H,5,8-9H2,1-4H3. The van der Waals surface area contributed by atoms with Gasteiger partial charge in [-0.05, 0) is 46.5 Å². The molecule has 1 N–H and O–H groups in total. The van der Waals surface area contributed by atoms with Gasteiger partial charge in [0.2, 0.25) is 0 Å². The molecule has 1 aromatic rings. The fourth-order valence-corrected chi connectivity index (χ4v) is 4.14. The van der Waals surface area contributed by atoms with Crippen LogP contribution in [0, 0.1) is 21.4 Å². The van der Waals surface area contributed by atoms with Crippen LogP contribution >= 0.6 is 15.9 Å². The fraction of sp³-hybridized carbons (Fsp3) is 0.625. The number of ether oxygens (including phenoxy) is 1. The van der Waals surface area contributed by atoms with Crippen molar-refractivity contribution in [3.8, 4) is 5.75 Å². The van der Waals surface area contributed by atoms with Crippen molar-refractivity contribution in [2.75, 3.05) is 12.4 Å². The van der Waals surface area contributed by atoms with Crippen LogP contribution in [0.2, 0.25) is 0 Å². The molecule has 5 nitrogen and oxygen atoms in total. The van der Waals surface area contributed by atoms with Gasteiger partial charge in [-0.3, -0.25) is 10.1 Å². The molecule has 0 spiro atoms. The first-order valence-corrected chi connectivity index (χ1v) is 8.29. The zero-order valence-electron chi connectivity index (χ0n) is 13.5. The maximum absolute atomic E-state index is 11.3. The Kier molecular flexibility index (Phi) is 5.00. The number of nitro groups is 1. The van der Waals surface area contributed by atoms with Gasteiger partial charge in [0, 0.05) is 18.2 Å². The number of nitro benzene ring substituents is 1. The van der Waals surface area contributed by atoms with Gasteiger partial charge in [-0.15, -0.1) is 0 Å². The average Bonchev–Trinajstić information content (AvgIpc) is 2.37. The van der Waals surface area contributed by atoms with Gasteiger partial charge < -0.3 is 10.1 Å². The molecule has 2 rings (SSSR count). The Morgan fingerprint density at radius 2 is 2.09 bits per heavy atom. The summed E-state index contributed by atoms with van der Waals surface area (Å²) < 4.78 is 5.85. The smallest absolute Gasteiger partial charge is 0.293 e. The Morgan fingerprint density at radius 1 is 1.41 bits per heavy atom. The van der Waals surface area contributed by atoms with Gasteiger partial charge in [-0.2, -0.15) is 0 Å². The lowest BCUT2D eigenvalue weighted by Crippen LogP contribution is -2.35. The molecule has 1 aliphatic carbocycles. The van der Waals surface area contributed by atoms with Gasteiger partial charge in [-0.1, -0.05) is 20.8 Å². The molecule has 2 atom stereocenters. The molecule has 22 heavy (non-hydrogen) atoms. The molecule has 0 saturated heterocycles. The molecule has 1 saturated carbocycles. The second kappa shape index (κ2) is 6.44. The molecular weight excluding hydrogens is 348 g/mol. The van der Waals surface area contributed by atoms with Gasteiger partial charge >= 0.3 is 0 Å². The van der Waals surface area contributed by atoms with Gasteiger partial charge in [0.15, 0.2) is 0 Å². The molecule has 0 bridgehead atoms. The van der Waals surface area contributed by atoms with Crippen LogP contribution < -0.4 is 10.1 Å². The highest BCUT2D eigenvalue weighted by Gasteiger charge is 2.33. The monoisotopic (exact) mass is 370 g/mol. The Morgan fingerprint density at radius 3 is 2.64 bits per heavy atom. The summed E-state index contributed by atoms with van der Waals surface area (Å²) in [7, 11) is 1.56. The molecule has 6 heteroatoms. The third-order valence-corrected chi connectivity index (χ3v) is 4.83. The number of nitrogens with zero attached hydrogens (tertiary/aromatic N) is 1. The number of hydrogen-bond acceptors (Lipinski definition) is 4. The van der Waals surface area contributed by atoms with Gasteiger partial charge in [0.05, 0.1) is 16.5 Å². The van der Waals surface area contributed by atoms with Gasteiger partial charge in [0.25, 0.3) is 5.69 Å². The van der Waals surface area contributed by atoms with E-state index in [9.17, 15) is 10.1 Å². The van der Waals surface area contributed by atoms with Crippen LogP contribution in [-0.2, 0) is 0 Å². The fourth-order valence-electron chi connectivity index (χ4n) is 3.64. The maximum Gasteiger partial charge on any atom is 0.293 e. The molecular formula is C16H23BrN2O3. The first-order valence-electron chi connectivity index (χ1n) is 7.50. The number of nitrogens with one attached hydrogen (secondary N) is 1. The minimum Gasteiger partial charge on any atom is -0.495 e. The van der Waals surface area contributed by atoms with Crippen LogP contribution in [0.5, 0.6) is 5.75 Å². The summed E-state index contributed by atoms with van der Waals surface area (Å²) in [6, 6.07) is 3.44. The van der Waals surface area contributed by atoms with Crippen molar-refractivity contribution in [1.82, 2.24) is 0 Å². The molecule has 1 aliphatic rings. The van der Waals surface area contributed by atoms with Crippen molar-refractivity contribution in [3.05, 3.63) is 26.7 Å². The summed E-state index contributed by atoms with van der Waals surface area (Å²) in [5, 5.41) is 14.7. The largest absolute Gasteiger partial charge is 0.495 e. The zero-order valence-corrected chi connectivity index (χ0v) is 15.1. The molecule has 0 aliphatic heterocycles. The van der Waals surface area contributed by atoms with E-state index in [0.29, 0.717) is 21.8 Å². The summed E-state index contributed by atoms with van der Waals surface area (Å²) >= 11 is 3.31. The molecule has 122 valence electrons. The third-order valence-electron chi connectivity index (χ3n) is 4.21. The van der Waals surface area contributed by atoms with Gasteiger partial charge in [-0.25, -0.2) is 0 Å².